The molecular weight excluding hydrogens is 504 g/mol. The summed E-state index contributed by atoms with van der Waals surface area (Å²) in [5.74, 6) is -1.52. The number of quaternary nitrogens is 1. The van der Waals surface area contributed by atoms with Crippen LogP contribution in [0, 0.1) is 23.5 Å². The standard InChI is InChI=1S/C28H28F2NO3S.ClH/c29-23-9-8-21(15-24(23)30)28(20-5-2-1-3-6-20)34-27(33)16-22-17-31(12-10-19(22)11-13-31)18-25(32)26-7-4-14-35-26;/h1-9,14-15,19,22,28H,10-13,16-18H2;1H/q+1;/p-1/t19?,22-,28?,31?;/m0./s1. The van der Waals surface area contributed by atoms with Crippen molar-refractivity contribution < 1.29 is 40.0 Å². The zero-order valence-electron chi connectivity index (χ0n) is 19.7. The molecule has 0 amide bonds. The molecule has 6 rings (SSSR count). The Kier molecular flexibility index (Phi) is 8.23. The average Bonchev–Trinajstić information content (AvgIpc) is 3.41. The number of carbonyl (C=O) groups is 2. The summed E-state index contributed by atoms with van der Waals surface area (Å²) >= 11 is 1.47. The van der Waals surface area contributed by atoms with E-state index in [0.717, 1.165) is 54.0 Å². The van der Waals surface area contributed by atoms with E-state index in [-0.39, 0.29) is 36.5 Å². The second-order valence-electron chi connectivity index (χ2n) is 9.79. The number of carbonyl (C=O) groups excluding carboxylic acids is 2. The molecule has 4 heterocycles. The van der Waals surface area contributed by atoms with Gasteiger partial charge in [-0.25, -0.2) is 8.78 Å². The Morgan fingerprint density at radius 1 is 0.972 bits per heavy atom. The zero-order chi connectivity index (χ0) is 24.4. The number of nitrogens with zero attached hydrogens (tertiary/aromatic N) is 1. The molecule has 3 aliphatic rings. The molecule has 1 unspecified atom stereocenters. The smallest absolute Gasteiger partial charge is 0.307 e. The summed E-state index contributed by atoms with van der Waals surface area (Å²) in [6, 6.07) is 16.5. The number of thiophene rings is 1. The lowest BCUT2D eigenvalue weighted by atomic mass is 9.75. The van der Waals surface area contributed by atoms with Crippen LogP contribution >= 0.6 is 11.3 Å². The molecule has 4 nitrogen and oxygen atoms in total. The van der Waals surface area contributed by atoms with Crippen LogP contribution in [0.25, 0.3) is 0 Å². The molecule has 0 saturated carbocycles. The monoisotopic (exact) mass is 531 g/mol. The normalized spacial score (nSPS) is 23.5. The third kappa shape index (κ3) is 5.69. The van der Waals surface area contributed by atoms with Crippen LogP contribution in [0.3, 0.4) is 0 Å². The number of piperidine rings is 3. The summed E-state index contributed by atoms with van der Waals surface area (Å²) in [5.41, 5.74) is 1.09. The van der Waals surface area contributed by atoms with Crippen LogP contribution in [-0.2, 0) is 9.53 Å². The van der Waals surface area contributed by atoms with Gasteiger partial charge < -0.3 is 21.6 Å². The number of halogens is 3. The molecule has 3 aliphatic heterocycles. The van der Waals surface area contributed by atoms with Crippen molar-refractivity contribution in [3.8, 4) is 0 Å². The van der Waals surface area contributed by atoms with Crippen LogP contribution in [0.15, 0.2) is 66.0 Å². The van der Waals surface area contributed by atoms with E-state index in [9.17, 15) is 18.4 Å². The van der Waals surface area contributed by atoms with E-state index in [0.29, 0.717) is 23.6 Å². The van der Waals surface area contributed by atoms with Gasteiger partial charge in [-0.3, -0.25) is 9.59 Å². The van der Waals surface area contributed by atoms with E-state index in [4.69, 9.17) is 4.74 Å². The molecule has 190 valence electrons. The van der Waals surface area contributed by atoms with Gasteiger partial charge in [-0.05, 0) is 35.1 Å². The van der Waals surface area contributed by atoms with E-state index in [1.165, 1.54) is 17.4 Å². The minimum Gasteiger partial charge on any atom is -1.00 e. The van der Waals surface area contributed by atoms with E-state index in [2.05, 4.69) is 0 Å². The van der Waals surface area contributed by atoms with Gasteiger partial charge in [-0.2, -0.15) is 0 Å². The van der Waals surface area contributed by atoms with Gasteiger partial charge in [0.1, 0.15) is 6.54 Å². The topological polar surface area (TPSA) is 43.4 Å². The lowest BCUT2D eigenvalue weighted by molar-refractivity contribution is -0.939. The lowest BCUT2D eigenvalue weighted by Crippen LogP contribution is -3.00. The number of ketones is 1. The predicted octanol–water partition coefficient (Wildman–Crippen LogP) is 2.79. The highest BCUT2D eigenvalue weighted by atomic mass is 35.5. The third-order valence-electron chi connectivity index (χ3n) is 7.54. The molecule has 0 radical (unpaired) electrons. The summed E-state index contributed by atoms with van der Waals surface area (Å²) in [5, 5.41) is 1.92. The summed E-state index contributed by atoms with van der Waals surface area (Å²) < 4.78 is 34.1. The first-order valence-corrected chi connectivity index (χ1v) is 12.9. The number of fused-ring (bicyclic) bond motifs is 3. The second-order valence-corrected chi connectivity index (χ2v) is 10.7. The Balaban J connectivity index is 0.00000304. The minimum absolute atomic E-state index is 0. The SMILES string of the molecule is O=C(C[C@H]1C[N+]2(CC(=O)c3cccs3)CCC1CC2)OC(c1ccccc1)c1ccc(F)c(F)c1.[Cl-]. The van der Waals surface area contributed by atoms with Crippen LogP contribution in [0.4, 0.5) is 8.78 Å². The predicted molar refractivity (Wildman–Crippen MR) is 130 cm³/mol. The molecule has 36 heavy (non-hydrogen) atoms. The number of rotatable bonds is 8. The Bertz CT molecular complexity index is 1200. The van der Waals surface area contributed by atoms with Crippen molar-refractivity contribution >= 4 is 23.1 Å². The molecule has 1 aromatic heterocycles. The molecule has 3 saturated heterocycles. The molecule has 3 fully saturated rings. The number of esters is 1. The molecular formula is C28H28ClF2NO3S. The second kappa shape index (κ2) is 11.2. The minimum atomic E-state index is -0.973. The number of Topliss-reactive ketones (excluding diaryl/α,β-unsaturated/α-hetero) is 1. The zero-order valence-corrected chi connectivity index (χ0v) is 21.3. The van der Waals surface area contributed by atoms with Crippen LogP contribution in [0.5, 0.6) is 0 Å². The Hall–Kier alpha value is -2.61. The molecule has 0 aliphatic carbocycles. The van der Waals surface area contributed by atoms with Crippen molar-refractivity contribution in [1.82, 2.24) is 0 Å². The van der Waals surface area contributed by atoms with Crippen LogP contribution < -0.4 is 12.4 Å². The third-order valence-corrected chi connectivity index (χ3v) is 8.45. The summed E-state index contributed by atoms with van der Waals surface area (Å²) in [4.78, 5) is 26.8. The van der Waals surface area contributed by atoms with Gasteiger partial charge in [0.05, 0.1) is 30.9 Å². The largest absolute Gasteiger partial charge is 1.00 e. The van der Waals surface area contributed by atoms with Gasteiger partial charge in [0.2, 0.25) is 5.78 Å². The number of hydrogen-bond acceptors (Lipinski definition) is 4. The molecule has 2 bridgehead atoms. The highest BCUT2D eigenvalue weighted by Crippen LogP contribution is 2.40. The maximum atomic E-state index is 14.0. The van der Waals surface area contributed by atoms with Crippen molar-refractivity contribution in [2.24, 2.45) is 11.8 Å². The fraction of sp³-hybridized carbons (Fsp3) is 0.357. The van der Waals surface area contributed by atoms with Gasteiger partial charge in [-0.1, -0.05) is 42.5 Å². The number of benzene rings is 2. The molecule has 2 aromatic carbocycles. The Morgan fingerprint density at radius 3 is 2.39 bits per heavy atom. The van der Waals surface area contributed by atoms with Gasteiger partial charge in [0, 0.05) is 24.3 Å². The first kappa shape index (κ1) is 26.5. The van der Waals surface area contributed by atoms with Crippen molar-refractivity contribution in [3.05, 3.63) is 93.7 Å². The van der Waals surface area contributed by atoms with Gasteiger partial charge in [0.15, 0.2) is 17.7 Å². The fourth-order valence-corrected chi connectivity index (χ4v) is 6.39. The maximum Gasteiger partial charge on any atom is 0.307 e. The molecule has 0 spiro atoms. The van der Waals surface area contributed by atoms with E-state index >= 15 is 0 Å². The summed E-state index contributed by atoms with van der Waals surface area (Å²) in [6.45, 7) is 3.20. The van der Waals surface area contributed by atoms with Gasteiger partial charge >= 0.3 is 5.97 Å². The van der Waals surface area contributed by atoms with Crippen LogP contribution in [0.1, 0.15) is 46.2 Å². The summed E-state index contributed by atoms with van der Waals surface area (Å²) in [6.07, 6.45) is 1.44. The fourth-order valence-electron chi connectivity index (χ4n) is 5.74. The van der Waals surface area contributed by atoms with Crippen molar-refractivity contribution in [1.29, 1.82) is 0 Å². The van der Waals surface area contributed by atoms with Crippen molar-refractivity contribution in [2.75, 3.05) is 26.2 Å². The maximum absolute atomic E-state index is 14.0. The van der Waals surface area contributed by atoms with Crippen molar-refractivity contribution in [3.63, 3.8) is 0 Å². The Morgan fingerprint density at radius 2 is 1.72 bits per heavy atom. The van der Waals surface area contributed by atoms with Crippen LogP contribution in [-0.4, -0.2) is 42.4 Å². The first-order chi connectivity index (χ1) is 16.9. The highest BCUT2D eigenvalue weighted by Gasteiger charge is 2.47. The number of hydrogen-bond donors (Lipinski definition) is 0. The van der Waals surface area contributed by atoms with E-state index in [1.807, 2.05) is 47.8 Å². The quantitative estimate of drug-likeness (QED) is 0.255. The highest BCUT2D eigenvalue weighted by molar-refractivity contribution is 7.12. The van der Waals surface area contributed by atoms with Crippen molar-refractivity contribution in [2.45, 2.75) is 25.4 Å². The molecule has 8 heteroatoms. The summed E-state index contributed by atoms with van der Waals surface area (Å²) in [7, 11) is 0. The van der Waals surface area contributed by atoms with Gasteiger partial charge in [0.25, 0.3) is 0 Å². The number of ether oxygens (including phenoxy) is 1. The average molecular weight is 532 g/mol. The molecule has 3 aromatic rings. The molecule has 2 atom stereocenters. The van der Waals surface area contributed by atoms with Gasteiger partial charge in [-0.15, -0.1) is 11.3 Å². The van der Waals surface area contributed by atoms with E-state index in [1.54, 1.807) is 0 Å². The Labute approximate surface area is 219 Å². The van der Waals surface area contributed by atoms with E-state index < -0.39 is 17.7 Å². The molecule has 0 N–H and O–H groups in total. The van der Waals surface area contributed by atoms with Crippen LogP contribution in [0.2, 0.25) is 0 Å². The first-order valence-electron chi connectivity index (χ1n) is 12.0. The lowest BCUT2D eigenvalue weighted by Gasteiger charge is -2.52.